The summed E-state index contributed by atoms with van der Waals surface area (Å²) in [6.45, 7) is 0. The number of nitrogens with zero attached hydrogens (tertiary/aromatic N) is 6. The van der Waals surface area contributed by atoms with E-state index in [-0.39, 0.29) is 21.7 Å². The van der Waals surface area contributed by atoms with E-state index in [1.807, 2.05) is 12.1 Å². The summed E-state index contributed by atoms with van der Waals surface area (Å²) in [4.78, 5) is 41.4. The molecule has 11 nitrogen and oxygen atoms in total. The molecular weight excluding hydrogens is 558 g/mol. The molecule has 0 atom stereocenters. The number of ketones is 1. The topological polar surface area (TPSA) is 145 Å². The van der Waals surface area contributed by atoms with Crippen molar-refractivity contribution in [3.05, 3.63) is 135 Å². The Hall–Kier alpha value is -5.81. The Balaban J connectivity index is 1.28. The number of benzene rings is 3. The lowest BCUT2D eigenvalue weighted by Gasteiger charge is -2.11. The maximum absolute atomic E-state index is 13.4. The Labute approximate surface area is 242 Å². The average Bonchev–Trinajstić information content (AvgIpc) is 3.45. The number of aromatic nitrogens is 5. The van der Waals surface area contributed by atoms with Crippen LogP contribution in [0, 0.1) is 10.1 Å². The van der Waals surface area contributed by atoms with Crippen molar-refractivity contribution in [1.82, 2.24) is 24.8 Å². The van der Waals surface area contributed by atoms with Gasteiger partial charge in [0.1, 0.15) is 5.02 Å². The molecule has 0 saturated carbocycles. The summed E-state index contributed by atoms with van der Waals surface area (Å²) in [5, 5.41) is 27.2. The standard InChI is InChI=1S/C30H18ClN7O4/c31-24-11-10-19(16-26(24)38(41)42)28(39)22-8-1-2-9-23(22)30(40)33-21-7-3-5-18(15-21)25-12-13-27-34-35-29(37(27)36-25)20-6-4-14-32-17-20/h1-17H,(H,33,40). The number of anilines is 1. The number of fused-ring (bicyclic) bond motifs is 1. The van der Waals surface area contributed by atoms with Gasteiger partial charge in [-0.15, -0.1) is 10.2 Å². The van der Waals surface area contributed by atoms with E-state index in [1.165, 1.54) is 24.3 Å². The monoisotopic (exact) mass is 575 g/mol. The van der Waals surface area contributed by atoms with Crippen molar-refractivity contribution in [3.63, 3.8) is 0 Å². The highest BCUT2D eigenvalue weighted by Crippen LogP contribution is 2.28. The molecule has 0 saturated heterocycles. The summed E-state index contributed by atoms with van der Waals surface area (Å²) >= 11 is 5.90. The van der Waals surface area contributed by atoms with E-state index in [1.54, 1.807) is 65.4 Å². The normalized spacial score (nSPS) is 10.9. The molecule has 0 aliphatic heterocycles. The fourth-order valence-corrected chi connectivity index (χ4v) is 4.59. The predicted octanol–water partition coefficient (Wildman–Crippen LogP) is 5.90. The van der Waals surface area contributed by atoms with Gasteiger partial charge in [0.15, 0.2) is 17.3 Å². The summed E-state index contributed by atoms with van der Waals surface area (Å²) in [5.74, 6) is -0.539. The smallest absolute Gasteiger partial charge is 0.288 e. The van der Waals surface area contributed by atoms with Gasteiger partial charge in [-0.05, 0) is 54.6 Å². The largest absolute Gasteiger partial charge is 0.322 e. The van der Waals surface area contributed by atoms with E-state index in [9.17, 15) is 19.7 Å². The van der Waals surface area contributed by atoms with Crippen molar-refractivity contribution >= 4 is 40.3 Å². The van der Waals surface area contributed by atoms with Gasteiger partial charge in [-0.1, -0.05) is 41.9 Å². The molecule has 1 amide bonds. The Morgan fingerprint density at radius 3 is 2.45 bits per heavy atom. The second-order valence-electron chi connectivity index (χ2n) is 9.09. The van der Waals surface area contributed by atoms with E-state index < -0.39 is 22.3 Å². The Morgan fingerprint density at radius 2 is 1.67 bits per heavy atom. The molecule has 204 valence electrons. The third kappa shape index (κ3) is 5.07. The first-order chi connectivity index (χ1) is 20.4. The minimum Gasteiger partial charge on any atom is -0.322 e. The number of carbonyl (C=O) groups excluding carboxylic acids is 2. The molecule has 3 heterocycles. The van der Waals surface area contributed by atoms with Gasteiger partial charge in [0.25, 0.3) is 11.6 Å². The number of nitro benzene ring substituents is 1. The molecule has 3 aromatic carbocycles. The van der Waals surface area contributed by atoms with Gasteiger partial charge in [0.05, 0.1) is 16.2 Å². The Bertz CT molecular complexity index is 2010. The number of halogens is 1. The SMILES string of the molecule is O=C(Nc1cccc(-c2ccc3nnc(-c4cccnc4)n3n2)c1)c1ccccc1C(=O)c1ccc(Cl)c([N+](=O)[O-])c1. The van der Waals surface area contributed by atoms with Gasteiger partial charge in [-0.25, -0.2) is 0 Å². The van der Waals surface area contributed by atoms with Crippen molar-refractivity contribution in [3.8, 4) is 22.6 Å². The van der Waals surface area contributed by atoms with Crippen LogP contribution in [0.5, 0.6) is 0 Å². The molecule has 6 rings (SSSR count). The van der Waals surface area contributed by atoms with E-state index >= 15 is 0 Å². The summed E-state index contributed by atoms with van der Waals surface area (Å²) in [6.07, 6.45) is 3.35. The fraction of sp³-hybridized carbons (Fsp3) is 0. The van der Waals surface area contributed by atoms with E-state index in [0.29, 0.717) is 22.9 Å². The maximum atomic E-state index is 13.4. The van der Waals surface area contributed by atoms with Crippen LogP contribution in [-0.4, -0.2) is 41.4 Å². The molecule has 1 N–H and O–H groups in total. The first-order valence-corrected chi connectivity index (χ1v) is 12.9. The minimum absolute atomic E-state index is 0.0365. The van der Waals surface area contributed by atoms with Crippen LogP contribution in [0.1, 0.15) is 26.3 Å². The Kier molecular flexibility index (Phi) is 6.91. The molecule has 0 aliphatic carbocycles. The molecule has 0 aliphatic rings. The van der Waals surface area contributed by atoms with Gasteiger partial charge in [0.2, 0.25) is 0 Å². The van der Waals surface area contributed by atoms with Crippen molar-refractivity contribution in [2.24, 2.45) is 0 Å². The lowest BCUT2D eigenvalue weighted by atomic mass is 9.97. The molecular formula is C30H18ClN7O4. The van der Waals surface area contributed by atoms with Crippen molar-refractivity contribution in [2.75, 3.05) is 5.32 Å². The summed E-state index contributed by atoms with van der Waals surface area (Å²) < 4.78 is 1.63. The zero-order chi connectivity index (χ0) is 29.2. The highest BCUT2D eigenvalue weighted by atomic mass is 35.5. The van der Waals surface area contributed by atoms with Crippen molar-refractivity contribution in [1.29, 1.82) is 0 Å². The lowest BCUT2D eigenvalue weighted by Crippen LogP contribution is -2.17. The number of amides is 1. The Morgan fingerprint density at radius 1 is 0.857 bits per heavy atom. The van der Waals surface area contributed by atoms with Crippen LogP contribution in [0.25, 0.3) is 28.3 Å². The quantitative estimate of drug-likeness (QED) is 0.141. The predicted molar refractivity (Wildman–Crippen MR) is 155 cm³/mol. The first-order valence-electron chi connectivity index (χ1n) is 12.5. The molecule has 0 bridgehead atoms. The zero-order valence-corrected chi connectivity index (χ0v) is 22.3. The molecule has 3 aromatic heterocycles. The van der Waals surface area contributed by atoms with Crippen LogP contribution in [0.2, 0.25) is 5.02 Å². The van der Waals surface area contributed by atoms with Gasteiger partial charge in [-0.3, -0.25) is 24.7 Å². The van der Waals surface area contributed by atoms with E-state index in [0.717, 1.165) is 17.2 Å². The van der Waals surface area contributed by atoms with Crippen LogP contribution in [0.4, 0.5) is 11.4 Å². The number of nitro groups is 1. The molecule has 6 aromatic rings. The van der Waals surface area contributed by atoms with Crippen molar-refractivity contribution < 1.29 is 14.5 Å². The summed E-state index contributed by atoms with van der Waals surface area (Å²) in [7, 11) is 0. The molecule has 0 unspecified atom stereocenters. The first kappa shape index (κ1) is 26.4. The second-order valence-corrected chi connectivity index (χ2v) is 9.49. The minimum atomic E-state index is -0.666. The van der Waals surface area contributed by atoms with E-state index in [2.05, 4.69) is 20.5 Å². The van der Waals surface area contributed by atoms with E-state index in [4.69, 9.17) is 16.7 Å². The number of rotatable bonds is 7. The average molecular weight is 576 g/mol. The number of nitrogens with one attached hydrogen (secondary N) is 1. The highest BCUT2D eigenvalue weighted by molar-refractivity contribution is 6.33. The lowest BCUT2D eigenvalue weighted by molar-refractivity contribution is -0.384. The van der Waals surface area contributed by atoms with Gasteiger partial charge < -0.3 is 5.32 Å². The molecule has 42 heavy (non-hydrogen) atoms. The van der Waals surface area contributed by atoms with Crippen LogP contribution in [0.15, 0.2) is 103 Å². The van der Waals surface area contributed by atoms with Crippen LogP contribution >= 0.6 is 11.6 Å². The zero-order valence-electron chi connectivity index (χ0n) is 21.5. The van der Waals surface area contributed by atoms with Crippen LogP contribution in [-0.2, 0) is 0 Å². The third-order valence-corrected chi connectivity index (χ3v) is 6.74. The maximum Gasteiger partial charge on any atom is 0.288 e. The molecule has 12 heteroatoms. The van der Waals surface area contributed by atoms with Crippen molar-refractivity contribution in [2.45, 2.75) is 0 Å². The molecule has 0 spiro atoms. The summed E-state index contributed by atoms with van der Waals surface area (Å²) in [6, 6.07) is 24.4. The molecule has 0 radical (unpaired) electrons. The van der Waals surface area contributed by atoms with Crippen LogP contribution in [0.3, 0.4) is 0 Å². The number of carbonyl (C=O) groups is 2. The second kappa shape index (κ2) is 11.0. The fourth-order valence-electron chi connectivity index (χ4n) is 4.40. The number of pyridine rings is 1. The molecule has 0 fully saturated rings. The van der Waals surface area contributed by atoms with Crippen LogP contribution < -0.4 is 5.32 Å². The number of hydrogen-bond donors (Lipinski definition) is 1. The van der Waals surface area contributed by atoms with Gasteiger partial charge in [-0.2, -0.15) is 9.61 Å². The van der Waals surface area contributed by atoms with Gasteiger partial charge >= 0.3 is 0 Å². The third-order valence-electron chi connectivity index (χ3n) is 6.42. The highest BCUT2D eigenvalue weighted by Gasteiger charge is 2.22. The number of hydrogen-bond acceptors (Lipinski definition) is 8. The summed E-state index contributed by atoms with van der Waals surface area (Å²) in [5.41, 5.74) is 2.97. The van der Waals surface area contributed by atoms with Gasteiger partial charge in [0, 0.05) is 46.4 Å².